The van der Waals surface area contributed by atoms with Crippen molar-refractivity contribution >= 4 is 36.6 Å². The maximum atomic E-state index is 5.34. The molecular formula is C7H13Cl2N3S. The van der Waals surface area contributed by atoms with E-state index < -0.39 is 0 Å². The smallest absolute Gasteiger partial charge is 0.187 e. The summed E-state index contributed by atoms with van der Waals surface area (Å²) in [5.74, 6) is 1.00. The Bertz CT molecular complexity index is 198. The van der Waals surface area contributed by atoms with Gasteiger partial charge in [0.05, 0.1) is 0 Å². The van der Waals surface area contributed by atoms with Crippen LogP contribution < -0.4 is 5.73 Å². The maximum absolute atomic E-state index is 5.34. The molecule has 0 amide bonds. The molecule has 0 aliphatic heterocycles. The van der Waals surface area contributed by atoms with Crippen LogP contribution in [0.15, 0.2) is 23.6 Å². The second-order valence-corrected chi connectivity index (χ2v) is 3.08. The lowest BCUT2D eigenvalue weighted by molar-refractivity contribution is 0.925. The molecule has 6 heteroatoms. The highest BCUT2D eigenvalue weighted by Gasteiger charge is 1.92. The Morgan fingerprint density at radius 2 is 1.85 bits per heavy atom. The monoisotopic (exact) mass is 241 g/mol. The van der Waals surface area contributed by atoms with Crippen molar-refractivity contribution in [3.63, 3.8) is 0 Å². The molecule has 0 saturated heterocycles. The zero-order valence-electron chi connectivity index (χ0n) is 7.05. The fourth-order valence-electron chi connectivity index (χ4n) is 0.607. The molecule has 0 atom stereocenters. The Balaban J connectivity index is 0. The van der Waals surface area contributed by atoms with Crippen molar-refractivity contribution < 1.29 is 0 Å². The van der Waals surface area contributed by atoms with Crippen LogP contribution in [0.1, 0.15) is 6.42 Å². The molecule has 0 aliphatic carbocycles. The summed E-state index contributed by atoms with van der Waals surface area (Å²) in [6.07, 6.45) is 4.51. The van der Waals surface area contributed by atoms with Gasteiger partial charge in [-0.1, -0.05) is 11.8 Å². The number of nitrogens with two attached hydrogens (primary N) is 1. The first-order chi connectivity index (χ1) is 5.43. The minimum atomic E-state index is 0. The van der Waals surface area contributed by atoms with Gasteiger partial charge in [-0.15, -0.1) is 24.8 Å². The van der Waals surface area contributed by atoms with E-state index in [0.717, 1.165) is 23.9 Å². The first kappa shape index (κ1) is 15.4. The maximum Gasteiger partial charge on any atom is 0.187 e. The van der Waals surface area contributed by atoms with Crippen LogP contribution >= 0.6 is 36.6 Å². The standard InChI is InChI=1S/C7H11N3S.2ClH/c8-3-1-6-11-7-9-4-2-5-10-7;;/h2,4-5H,1,3,6,8H2;2*1H. The van der Waals surface area contributed by atoms with E-state index in [2.05, 4.69) is 9.97 Å². The number of thioether (sulfide) groups is 1. The van der Waals surface area contributed by atoms with Gasteiger partial charge in [-0.3, -0.25) is 0 Å². The van der Waals surface area contributed by atoms with E-state index in [1.807, 2.05) is 6.07 Å². The Labute approximate surface area is 94.7 Å². The van der Waals surface area contributed by atoms with Crippen molar-refractivity contribution in [1.82, 2.24) is 9.97 Å². The van der Waals surface area contributed by atoms with E-state index in [1.54, 1.807) is 24.2 Å². The van der Waals surface area contributed by atoms with Crippen LogP contribution in [0, 0.1) is 0 Å². The summed E-state index contributed by atoms with van der Waals surface area (Å²) in [7, 11) is 0. The van der Waals surface area contributed by atoms with Gasteiger partial charge >= 0.3 is 0 Å². The molecule has 0 spiro atoms. The number of halogens is 2. The molecule has 1 aromatic heterocycles. The Hall–Kier alpha value is -0.0300. The summed E-state index contributed by atoms with van der Waals surface area (Å²) in [6, 6.07) is 1.81. The van der Waals surface area contributed by atoms with Gasteiger partial charge in [0.1, 0.15) is 0 Å². The number of aromatic nitrogens is 2. The van der Waals surface area contributed by atoms with Crippen LogP contribution in [0.25, 0.3) is 0 Å². The van der Waals surface area contributed by atoms with Gasteiger partial charge in [0.15, 0.2) is 5.16 Å². The van der Waals surface area contributed by atoms with Crippen LogP contribution in [-0.4, -0.2) is 22.3 Å². The molecule has 0 aromatic carbocycles. The number of rotatable bonds is 4. The third kappa shape index (κ3) is 7.07. The molecule has 2 N–H and O–H groups in total. The Kier molecular flexibility index (Phi) is 11.9. The average molecular weight is 242 g/mol. The minimum Gasteiger partial charge on any atom is -0.330 e. The Morgan fingerprint density at radius 1 is 1.23 bits per heavy atom. The quantitative estimate of drug-likeness (QED) is 0.496. The molecule has 0 aliphatic rings. The van der Waals surface area contributed by atoms with Crippen molar-refractivity contribution in [2.24, 2.45) is 5.73 Å². The van der Waals surface area contributed by atoms with E-state index in [0.29, 0.717) is 0 Å². The molecule has 1 aromatic rings. The highest BCUT2D eigenvalue weighted by molar-refractivity contribution is 7.99. The zero-order valence-corrected chi connectivity index (χ0v) is 9.50. The lowest BCUT2D eigenvalue weighted by atomic mass is 10.5. The zero-order chi connectivity index (χ0) is 7.94. The molecule has 0 radical (unpaired) electrons. The molecule has 76 valence electrons. The predicted molar refractivity (Wildman–Crippen MR) is 60.9 cm³/mol. The van der Waals surface area contributed by atoms with Gasteiger partial charge in [0.25, 0.3) is 0 Å². The van der Waals surface area contributed by atoms with Gasteiger partial charge in [-0.25, -0.2) is 9.97 Å². The third-order valence-corrected chi connectivity index (χ3v) is 2.08. The van der Waals surface area contributed by atoms with Crippen LogP contribution in [0.2, 0.25) is 0 Å². The van der Waals surface area contributed by atoms with E-state index in [-0.39, 0.29) is 24.8 Å². The lowest BCUT2D eigenvalue weighted by Crippen LogP contribution is -1.99. The van der Waals surface area contributed by atoms with E-state index >= 15 is 0 Å². The molecule has 0 saturated carbocycles. The number of nitrogens with zero attached hydrogens (tertiary/aromatic N) is 2. The highest BCUT2D eigenvalue weighted by atomic mass is 35.5. The molecule has 3 nitrogen and oxygen atoms in total. The van der Waals surface area contributed by atoms with E-state index in [9.17, 15) is 0 Å². The van der Waals surface area contributed by atoms with Gasteiger partial charge in [0, 0.05) is 18.1 Å². The highest BCUT2D eigenvalue weighted by Crippen LogP contribution is 2.10. The Morgan fingerprint density at radius 3 is 2.38 bits per heavy atom. The molecular weight excluding hydrogens is 229 g/mol. The summed E-state index contributed by atoms with van der Waals surface area (Å²) in [5.41, 5.74) is 5.34. The van der Waals surface area contributed by atoms with Crippen molar-refractivity contribution in [3.8, 4) is 0 Å². The molecule has 1 heterocycles. The van der Waals surface area contributed by atoms with Crippen molar-refractivity contribution in [1.29, 1.82) is 0 Å². The topological polar surface area (TPSA) is 51.8 Å². The molecule has 0 unspecified atom stereocenters. The molecule has 13 heavy (non-hydrogen) atoms. The van der Waals surface area contributed by atoms with Gasteiger partial charge in [0.2, 0.25) is 0 Å². The van der Waals surface area contributed by atoms with E-state index in [1.165, 1.54) is 0 Å². The average Bonchev–Trinajstić information content (AvgIpc) is 2.07. The number of hydrogen-bond donors (Lipinski definition) is 1. The molecule has 1 rings (SSSR count). The summed E-state index contributed by atoms with van der Waals surface area (Å²) >= 11 is 1.64. The van der Waals surface area contributed by atoms with Crippen LogP contribution in [0.5, 0.6) is 0 Å². The minimum absolute atomic E-state index is 0. The van der Waals surface area contributed by atoms with Crippen molar-refractivity contribution in [3.05, 3.63) is 18.5 Å². The fraction of sp³-hybridized carbons (Fsp3) is 0.429. The second kappa shape index (κ2) is 10.1. The normalized spacial score (nSPS) is 8.38. The molecule has 0 fully saturated rings. The van der Waals surface area contributed by atoms with Gasteiger partial charge in [-0.2, -0.15) is 0 Å². The second-order valence-electron chi connectivity index (χ2n) is 2.02. The predicted octanol–water partition coefficient (Wildman–Crippen LogP) is 1.76. The third-order valence-electron chi connectivity index (χ3n) is 1.12. The fourth-order valence-corrected chi connectivity index (χ4v) is 1.37. The largest absolute Gasteiger partial charge is 0.330 e. The summed E-state index contributed by atoms with van der Waals surface area (Å²) < 4.78 is 0. The summed E-state index contributed by atoms with van der Waals surface area (Å²) in [6.45, 7) is 0.736. The van der Waals surface area contributed by atoms with Crippen molar-refractivity contribution in [2.75, 3.05) is 12.3 Å². The SMILES string of the molecule is Cl.Cl.NCCCSc1ncccn1. The lowest BCUT2D eigenvalue weighted by Gasteiger charge is -1.95. The van der Waals surface area contributed by atoms with Crippen LogP contribution in [0.3, 0.4) is 0 Å². The first-order valence-electron chi connectivity index (χ1n) is 3.53. The summed E-state index contributed by atoms with van der Waals surface area (Å²) in [5, 5.41) is 0.834. The first-order valence-corrected chi connectivity index (χ1v) is 4.52. The summed E-state index contributed by atoms with van der Waals surface area (Å²) in [4.78, 5) is 8.12. The molecule has 0 bridgehead atoms. The van der Waals surface area contributed by atoms with E-state index in [4.69, 9.17) is 5.73 Å². The van der Waals surface area contributed by atoms with Gasteiger partial charge < -0.3 is 5.73 Å². The van der Waals surface area contributed by atoms with Crippen LogP contribution in [-0.2, 0) is 0 Å². The number of hydrogen-bond acceptors (Lipinski definition) is 4. The van der Waals surface area contributed by atoms with Crippen molar-refractivity contribution in [2.45, 2.75) is 11.6 Å². The van der Waals surface area contributed by atoms with Crippen LogP contribution in [0.4, 0.5) is 0 Å². The van der Waals surface area contributed by atoms with Gasteiger partial charge in [-0.05, 0) is 19.0 Å².